The molecule has 3 heterocycles. The second-order valence-electron chi connectivity index (χ2n) is 7.26. The smallest absolute Gasteiger partial charge is 0.297 e. The lowest BCUT2D eigenvalue weighted by atomic mass is 9.98. The minimum Gasteiger partial charge on any atom is -0.497 e. The monoisotopic (exact) mass is 406 g/mol. The molecule has 0 amide bonds. The van der Waals surface area contributed by atoms with Crippen molar-refractivity contribution in [3.05, 3.63) is 66.1 Å². The zero-order valence-electron chi connectivity index (χ0n) is 16.4. The van der Waals surface area contributed by atoms with Gasteiger partial charge in [-0.25, -0.2) is 18.7 Å². The van der Waals surface area contributed by atoms with Crippen LogP contribution >= 0.6 is 0 Å². The van der Waals surface area contributed by atoms with Crippen LogP contribution < -0.4 is 9.64 Å². The summed E-state index contributed by atoms with van der Waals surface area (Å²) < 4.78 is 32.0. The normalized spacial score (nSPS) is 14.5. The van der Waals surface area contributed by atoms with Gasteiger partial charge in [0.1, 0.15) is 11.6 Å². The molecule has 0 saturated carbocycles. The molecule has 0 spiro atoms. The van der Waals surface area contributed by atoms with Crippen molar-refractivity contribution < 1.29 is 13.5 Å². The predicted octanol–water partition coefficient (Wildman–Crippen LogP) is 5.35. The van der Waals surface area contributed by atoms with Gasteiger partial charge in [-0.2, -0.15) is 0 Å². The van der Waals surface area contributed by atoms with Crippen molar-refractivity contribution in [2.45, 2.75) is 12.8 Å². The van der Waals surface area contributed by atoms with E-state index >= 15 is 0 Å². The fraction of sp³-hybridized carbons (Fsp3) is 0.217. The van der Waals surface area contributed by atoms with Gasteiger partial charge in [-0.15, -0.1) is 0 Å². The molecule has 30 heavy (non-hydrogen) atoms. The third kappa shape index (κ3) is 3.16. The van der Waals surface area contributed by atoms with Gasteiger partial charge in [-0.05, 0) is 42.3 Å². The fourth-order valence-corrected chi connectivity index (χ4v) is 4.01. The van der Waals surface area contributed by atoms with Gasteiger partial charge >= 0.3 is 0 Å². The molecule has 0 saturated heterocycles. The summed E-state index contributed by atoms with van der Waals surface area (Å²) in [7, 11) is 1.66. The topological polar surface area (TPSA) is 54.0 Å². The molecule has 1 aliphatic heterocycles. The van der Waals surface area contributed by atoms with E-state index in [0.717, 1.165) is 34.0 Å². The van der Waals surface area contributed by atoms with E-state index in [2.05, 4.69) is 21.0 Å². The molecule has 5 nitrogen and oxygen atoms in total. The van der Waals surface area contributed by atoms with E-state index in [1.165, 1.54) is 5.57 Å². The molecule has 0 atom stereocenters. The first-order chi connectivity index (χ1) is 14.6. The van der Waals surface area contributed by atoms with Gasteiger partial charge in [-0.1, -0.05) is 18.2 Å². The van der Waals surface area contributed by atoms with Crippen LogP contribution in [0.15, 0.2) is 54.7 Å². The molecule has 0 bridgehead atoms. The maximum Gasteiger partial charge on any atom is 0.297 e. The molecule has 5 rings (SSSR count). The van der Waals surface area contributed by atoms with E-state index < -0.39 is 12.2 Å². The van der Waals surface area contributed by atoms with Gasteiger partial charge in [0.2, 0.25) is 0 Å². The number of hydrogen-bond acceptors (Lipinski definition) is 4. The zero-order valence-corrected chi connectivity index (χ0v) is 16.4. The number of hydrogen-bond donors (Lipinski definition) is 1. The first-order valence-electron chi connectivity index (χ1n) is 9.78. The summed E-state index contributed by atoms with van der Waals surface area (Å²) in [5.41, 5.74) is 3.95. The van der Waals surface area contributed by atoms with Crippen molar-refractivity contribution >= 4 is 33.2 Å². The molecular weight excluding hydrogens is 386 g/mol. The standard InChI is InChI=1S/C23H20F2N4O/c1-30-15-6-7-19-17(12-15)18(13-26-19)14-8-10-29(11-9-14)23-16-4-2-3-5-20(16)27-22(28-23)21(24)25/h2-8,12-13,21,26H,9-11H2,1H3. The minimum absolute atomic E-state index is 0.429. The number of ether oxygens (including phenoxy) is 1. The van der Waals surface area contributed by atoms with Gasteiger partial charge in [0.05, 0.1) is 12.6 Å². The highest BCUT2D eigenvalue weighted by Crippen LogP contribution is 2.34. The van der Waals surface area contributed by atoms with Crippen LogP contribution in [-0.4, -0.2) is 35.2 Å². The molecular formula is C23H20F2N4O. The van der Waals surface area contributed by atoms with Crippen molar-refractivity contribution in [1.29, 1.82) is 0 Å². The Morgan fingerprint density at radius 3 is 2.73 bits per heavy atom. The largest absolute Gasteiger partial charge is 0.497 e. The summed E-state index contributed by atoms with van der Waals surface area (Å²) in [5, 5.41) is 1.90. The highest BCUT2D eigenvalue weighted by molar-refractivity contribution is 5.94. The molecule has 152 valence electrons. The molecule has 2 aromatic heterocycles. The van der Waals surface area contributed by atoms with Crippen molar-refractivity contribution in [3.8, 4) is 5.75 Å². The van der Waals surface area contributed by atoms with E-state index in [4.69, 9.17) is 4.74 Å². The average molecular weight is 406 g/mol. The van der Waals surface area contributed by atoms with Crippen LogP contribution in [0.2, 0.25) is 0 Å². The summed E-state index contributed by atoms with van der Waals surface area (Å²) in [6, 6.07) is 13.3. The van der Waals surface area contributed by atoms with Crippen LogP contribution in [0, 0.1) is 0 Å². The van der Waals surface area contributed by atoms with Crippen molar-refractivity contribution in [2.24, 2.45) is 0 Å². The first-order valence-corrected chi connectivity index (χ1v) is 9.78. The maximum absolute atomic E-state index is 13.3. The third-order valence-corrected chi connectivity index (χ3v) is 5.54. The Kier molecular flexibility index (Phi) is 4.58. The number of halogens is 2. The van der Waals surface area contributed by atoms with Crippen LogP contribution in [0.5, 0.6) is 5.75 Å². The Hall–Kier alpha value is -3.48. The minimum atomic E-state index is -2.70. The number of nitrogens with zero attached hydrogens (tertiary/aromatic N) is 3. The van der Waals surface area contributed by atoms with Gasteiger partial charge in [0.15, 0.2) is 5.82 Å². The van der Waals surface area contributed by atoms with Crippen LogP contribution in [0.25, 0.3) is 27.4 Å². The Bertz CT molecular complexity index is 1260. The number of aromatic nitrogens is 3. The molecule has 7 heteroatoms. The van der Waals surface area contributed by atoms with Crippen LogP contribution in [0.3, 0.4) is 0 Å². The summed E-state index contributed by atoms with van der Waals surface area (Å²) in [6.45, 7) is 1.28. The number of para-hydroxylation sites is 1. The Labute approximate surface area is 172 Å². The Morgan fingerprint density at radius 1 is 1.10 bits per heavy atom. The number of nitrogens with one attached hydrogen (secondary N) is 1. The van der Waals surface area contributed by atoms with Crippen LogP contribution in [0.4, 0.5) is 14.6 Å². The summed E-state index contributed by atoms with van der Waals surface area (Å²) >= 11 is 0. The second-order valence-corrected chi connectivity index (χ2v) is 7.26. The molecule has 0 aliphatic carbocycles. The first kappa shape index (κ1) is 18.5. The molecule has 2 aromatic carbocycles. The van der Waals surface area contributed by atoms with Crippen molar-refractivity contribution in [2.75, 3.05) is 25.1 Å². The lowest BCUT2D eigenvalue weighted by molar-refractivity contribution is 0.141. The quantitative estimate of drug-likeness (QED) is 0.496. The Balaban J connectivity index is 1.50. The fourth-order valence-electron chi connectivity index (χ4n) is 4.01. The van der Waals surface area contributed by atoms with Gasteiger partial charge < -0.3 is 14.6 Å². The van der Waals surface area contributed by atoms with Crippen LogP contribution in [0.1, 0.15) is 24.2 Å². The van der Waals surface area contributed by atoms with Crippen LogP contribution in [-0.2, 0) is 0 Å². The van der Waals surface area contributed by atoms with E-state index in [1.807, 2.05) is 41.4 Å². The summed E-state index contributed by atoms with van der Waals surface area (Å²) in [5.74, 6) is 0.947. The Morgan fingerprint density at radius 2 is 1.97 bits per heavy atom. The number of anilines is 1. The average Bonchev–Trinajstić information content (AvgIpc) is 3.21. The number of alkyl halides is 2. The van der Waals surface area contributed by atoms with E-state index in [1.54, 1.807) is 19.2 Å². The third-order valence-electron chi connectivity index (χ3n) is 5.54. The predicted molar refractivity (Wildman–Crippen MR) is 114 cm³/mol. The number of rotatable bonds is 4. The number of fused-ring (bicyclic) bond motifs is 2. The lowest BCUT2D eigenvalue weighted by Crippen LogP contribution is -2.29. The molecule has 1 aliphatic rings. The maximum atomic E-state index is 13.3. The number of benzene rings is 2. The molecule has 0 fully saturated rings. The highest BCUT2D eigenvalue weighted by Gasteiger charge is 2.21. The zero-order chi connectivity index (χ0) is 20.7. The SMILES string of the molecule is COc1ccc2[nH]cc(C3=CCN(c4nc(C(F)F)nc5ccccc45)CC3)c2c1. The molecule has 0 radical (unpaired) electrons. The number of methoxy groups -OCH3 is 1. The lowest BCUT2D eigenvalue weighted by Gasteiger charge is -2.28. The van der Waals surface area contributed by atoms with Gasteiger partial charge in [0, 0.05) is 41.1 Å². The van der Waals surface area contributed by atoms with E-state index in [0.29, 0.717) is 24.4 Å². The van der Waals surface area contributed by atoms with E-state index in [9.17, 15) is 8.78 Å². The van der Waals surface area contributed by atoms with E-state index in [-0.39, 0.29) is 0 Å². The van der Waals surface area contributed by atoms with Crippen molar-refractivity contribution in [1.82, 2.24) is 15.0 Å². The molecule has 1 N–H and O–H groups in total. The van der Waals surface area contributed by atoms with Gasteiger partial charge in [0.25, 0.3) is 6.43 Å². The van der Waals surface area contributed by atoms with Gasteiger partial charge in [-0.3, -0.25) is 0 Å². The highest BCUT2D eigenvalue weighted by atomic mass is 19.3. The van der Waals surface area contributed by atoms with Crippen molar-refractivity contribution in [3.63, 3.8) is 0 Å². The second kappa shape index (κ2) is 7.40. The molecule has 0 unspecified atom stereocenters. The molecule has 4 aromatic rings. The number of H-pyrrole nitrogens is 1. The summed E-state index contributed by atoms with van der Waals surface area (Å²) in [6.07, 6.45) is 2.24. The summed E-state index contributed by atoms with van der Waals surface area (Å²) in [4.78, 5) is 13.6. The number of aromatic amines is 1.